The molecule has 0 radical (unpaired) electrons. The van der Waals surface area contributed by atoms with Crippen molar-refractivity contribution in [3.05, 3.63) is 12.7 Å². The number of allylic oxidation sites excluding steroid dienone is 1. The average molecular weight is 225 g/mol. The summed E-state index contributed by atoms with van der Waals surface area (Å²) in [6, 6.07) is 0. The van der Waals surface area contributed by atoms with E-state index in [4.69, 9.17) is 0 Å². The van der Waals surface area contributed by atoms with Crippen molar-refractivity contribution in [1.29, 1.82) is 0 Å². The predicted molar refractivity (Wildman–Crippen MR) is 74.9 cm³/mol. The SMILES string of the molecule is C=CCCCCCCC(C)CN(CC)CC. The molecule has 0 aliphatic carbocycles. The molecular weight excluding hydrogens is 194 g/mol. The number of rotatable bonds is 11. The first-order valence-electron chi connectivity index (χ1n) is 7.07. The van der Waals surface area contributed by atoms with Crippen LogP contribution in [0.3, 0.4) is 0 Å². The molecule has 0 aromatic carbocycles. The van der Waals surface area contributed by atoms with Crippen LogP contribution in [0.5, 0.6) is 0 Å². The molecule has 1 unspecified atom stereocenters. The molecule has 0 aromatic rings. The molecular formula is C15H31N. The maximum absolute atomic E-state index is 3.75. The summed E-state index contributed by atoms with van der Waals surface area (Å²) in [6.07, 6.45) is 10.1. The van der Waals surface area contributed by atoms with Crippen molar-refractivity contribution in [1.82, 2.24) is 4.90 Å². The van der Waals surface area contributed by atoms with Crippen LogP contribution >= 0.6 is 0 Å². The van der Waals surface area contributed by atoms with E-state index in [0.717, 1.165) is 5.92 Å². The van der Waals surface area contributed by atoms with E-state index in [1.807, 2.05) is 6.08 Å². The summed E-state index contributed by atoms with van der Waals surface area (Å²) in [6.45, 7) is 14.3. The second kappa shape index (κ2) is 11.2. The van der Waals surface area contributed by atoms with Crippen molar-refractivity contribution in [2.75, 3.05) is 19.6 Å². The molecule has 0 rings (SSSR count). The molecule has 0 aliphatic rings. The van der Waals surface area contributed by atoms with E-state index in [-0.39, 0.29) is 0 Å². The van der Waals surface area contributed by atoms with Crippen LogP contribution in [0.25, 0.3) is 0 Å². The zero-order valence-electron chi connectivity index (χ0n) is 11.7. The van der Waals surface area contributed by atoms with E-state index in [1.165, 1.54) is 58.2 Å². The molecule has 16 heavy (non-hydrogen) atoms. The van der Waals surface area contributed by atoms with Gasteiger partial charge >= 0.3 is 0 Å². The third-order valence-electron chi connectivity index (χ3n) is 3.32. The highest BCUT2D eigenvalue weighted by atomic mass is 15.1. The van der Waals surface area contributed by atoms with E-state index in [2.05, 4.69) is 32.3 Å². The Labute approximate surface area is 103 Å². The highest BCUT2D eigenvalue weighted by Crippen LogP contribution is 2.12. The summed E-state index contributed by atoms with van der Waals surface area (Å²) in [5.74, 6) is 0.860. The van der Waals surface area contributed by atoms with E-state index in [0.29, 0.717) is 0 Å². The van der Waals surface area contributed by atoms with Crippen molar-refractivity contribution >= 4 is 0 Å². The second-order valence-corrected chi connectivity index (χ2v) is 4.87. The third-order valence-corrected chi connectivity index (χ3v) is 3.32. The largest absolute Gasteiger partial charge is 0.304 e. The van der Waals surface area contributed by atoms with E-state index in [1.54, 1.807) is 0 Å². The van der Waals surface area contributed by atoms with Gasteiger partial charge in [-0.15, -0.1) is 6.58 Å². The molecule has 0 spiro atoms. The van der Waals surface area contributed by atoms with E-state index >= 15 is 0 Å². The van der Waals surface area contributed by atoms with Gasteiger partial charge in [0, 0.05) is 6.54 Å². The van der Waals surface area contributed by atoms with E-state index in [9.17, 15) is 0 Å². The molecule has 0 saturated heterocycles. The van der Waals surface area contributed by atoms with Crippen LogP contribution in [-0.4, -0.2) is 24.5 Å². The average Bonchev–Trinajstić information content (AvgIpc) is 2.30. The summed E-state index contributed by atoms with van der Waals surface area (Å²) in [5, 5.41) is 0. The Balaban J connectivity index is 3.35. The van der Waals surface area contributed by atoms with Gasteiger partial charge in [-0.2, -0.15) is 0 Å². The van der Waals surface area contributed by atoms with Crippen molar-refractivity contribution in [3.8, 4) is 0 Å². The quantitative estimate of drug-likeness (QED) is 0.370. The standard InChI is InChI=1S/C15H31N/c1-5-8-9-10-11-12-13-15(4)14-16(6-2)7-3/h5,15H,1,6-14H2,2-4H3. The summed E-state index contributed by atoms with van der Waals surface area (Å²) in [5.41, 5.74) is 0. The lowest BCUT2D eigenvalue weighted by Crippen LogP contribution is -2.28. The highest BCUT2D eigenvalue weighted by molar-refractivity contribution is 4.66. The topological polar surface area (TPSA) is 3.24 Å². The molecule has 1 nitrogen and oxygen atoms in total. The van der Waals surface area contributed by atoms with Crippen molar-refractivity contribution in [2.24, 2.45) is 5.92 Å². The van der Waals surface area contributed by atoms with Gasteiger partial charge in [-0.05, 0) is 38.3 Å². The van der Waals surface area contributed by atoms with Gasteiger partial charge < -0.3 is 4.90 Å². The van der Waals surface area contributed by atoms with Crippen LogP contribution in [0.15, 0.2) is 12.7 Å². The number of nitrogens with zero attached hydrogens (tertiary/aromatic N) is 1. The van der Waals surface area contributed by atoms with Crippen LogP contribution in [0.1, 0.15) is 59.3 Å². The molecule has 0 aromatic heterocycles. The molecule has 0 amide bonds. The Bertz CT molecular complexity index is 150. The number of hydrogen-bond acceptors (Lipinski definition) is 1. The maximum atomic E-state index is 3.75. The predicted octanol–water partition coefficient (Wildman–Crippen LogP) is 4.49. The van der Waals surface area contributed by atoms with Crippen LogP contribution in [0.4, 0.5) is 0 Å². The molecule has 96 valence electrons. The summed E-state index contributed by atoms with van der Waals surface area (Å²) in [7, 11) is 0. The van der Waals surface area contributed by atoms with Gasteiger partial charge in [0.05, 0.1) is 0 Å². The molecule has 0 fully saturated rings. The van der Waals surface area contributed by atoms with Gasteiger partial charge in [-0.3, -0.25) is 0 Å². The third kappa shape index (κ3) is 8.96. The minimum Gasteiger partial charge on any atom is -0.304 e. The molecule has 0 heterocycles. The second-order valence-electron chi connectivity index (χ2n) is 4.87. The molecule has 0 N–H and O–H groups in total. The van der Waals surface area contributed by atoms with Crippen molar-refractivity contribution in [2.45, 2.75) is 59.3 Å². The van der Waals surface area contributed by atoms with Crippen LogP contribution in [0, 0.1) is 5.92 Å². The van der Waals surface area contributed by atoms with Crippen LogP contribution < -0.4 is 0 Å². The Morgan fingerprint density at radius 2 is 1.69 bits per heavy atom. The van der Waals surface area contributed by atoms with Crippen LogP contribution in [-0.2, 0) is 0 Å². The van der Waals surface area contributed by atoms with E-state index < -0.39 is 0 Å². The lowest BCUT2D eigenvalue weighted by molar-refractivity contribution is 0.251. The minimum atomic E-state index is 0.860. The monoisotopic (exact) mass is 225 g/mol. The number of hydrogen-bond donors (Lipinski definition) is 0. The Morgan fingerprint density at radius 1 is 1.06 bits per heavy atom. The first-order chi connectivity index (χ1) is 7.74. The zero-order chi connectivity index (χ0) is 12.2. The van der Waals surface area contributed by atoms with Crippen molar-refractivity contribution < 1.29 is 0 Å². The van der Waals surface area contributed by atoms with Gasteiger partial charge in [0.15, 0.2) is 0 Å². The zero-order valence-corrected chi connectivity index (χ0v) is 11.7. The van der Waals surface area contributed by atoms with Crippen molar-refractivity contribution in [3.63, 3.8) is 0 Å². The maximum Gasteiger partial charge on any atom is 0.000679 e. The lowest BCUT2D eigenvalue weighted by Gasteiger charge is -2.22. The smallest absolute Gasteiger partial charge is 0.000679 e. The fraction of sp³-hybridized carbons (Fsp3) is 0.867. The Kier molecular flexibility index (Phi) is 11.0. The van der Waals surface area contributed by atoms with Gasteiger partial charge in [0.2, 0.25) is 0 Å². The fourth-order valence-corrected chi connectivity index (χ4v) is 2.15. The van der Waals surface area contributed by atoms with Gasteiger partial charge in [0.1, 0.15) is 0 Å². The van der Waals surface area contributed by atoms with Gasteiger partial charge in [0.25, 0.3) is 0 Å². The normalized spacial score (nSPS) is 13.0. The number of unbranched alkanes of at least 4 members (excludes halogenated alkanes) is 4. The summed E-state index contributed by atoms with van der Waals surface area (Å²) < 4.78 is 0. The highest BCUT2D eigenvalue weighted by Gasteiger charge is 2.06. The molecule has 0 bridgehead atoms. The first kappa shape index (κ1) is 15.7. The molecule has 0 aliphatic heterocycles. The van der Waals surface area contributed by atoms with Gasteiger partial charge in [-0.1, -0.05) is 46.1 Å². The Morgan fingerprint density at radius 3 is 2.25 bits per heavy atom. The Hall–Kier alpha value is -0.300. The lowest BCUT2D eigenvalue weighted by atomic mass is 10.0. The summed E-state index contributed by atoms with van der Waals surface area (Å²) >= 11 is 0. The molecule has 0 saturated carbocycles. The van der Waals surface area contributed by atoms with Gasteiger partial charge in [-0.25, -0.2) is 0 Å². The molecule has 1 heteroatoms. The summed E-state index contributed by atoms with van der Waals surface area (Å²) in [4.78, 5) is 2.53. The minimum absolute atomic E-state index is 0.860. The first-order valence-corrected chi connectivity index (χ1v) is 7.07. The van der Waals surface area contributed by atoms with Crippen LogP contribution in [0.2, 0.25) is 0 Å². The fourth-order valence-electron chi connectivity index (χ4n) is 2.15. The molecule has 1 atom stereocenters.